The molecule has 1 rings (SSSR count). The van der Waals surface area contributed by atoms with E-state index >= 15 is 0 Å². The third kappa shape index (κ3) is 4.73. The smallest absolute Gasteiger partial charge is 0.419 e. The molecule has 0 heterocycles. The van der Waals surface area contributed by atoms with Gasteiger partial charge in [-0.05, 0) is 25.1 Å². The van der Waals surface area contributed by atoms with Crippen molar-refractivity contribution in [3.05, 3.63) is 29.8 Å². The van der Waals surface area contributed by atoms with Crippen LogP contribution in [0.5, 0.6) is 5.75 Å². The second kappa shape index (κ2) is 7.14. The normalized spacial score (nSPS) is 13.0. The third-order valence-electron chi connectivity index (χ3n) is 2.54. The number of ether oxygens (including phenoxy) is 1. The fraction of sp³-hybridized carbons (Fsp3) is 0.462. The summed E-state index contributed by atoms with van der Waals surface area (Å²) in [7, 11) is 0. The molecule has 1 aromatic carbocycles. The number of rotatable bonds is 7. The highest BCUT2D eigenvalue weighted by molar-refractivity contribution is 5.73. The van der Waals surface area contributed by atoms with E-state index in [0.717, 1.165) is 6.07 Å². The van der Waals surface area contributed by atoms with Crippen LogP contribution in [-0.4, -0.2) is 30.3 Å². The molecule has 112 valence electrons. The van der Waals surface area contributed by atoms with Crippen LogP contribution in [0.15, 0.2) is 24.3 Å². The highest BCUT2D eigenvalue weighted by Crippen LogP contribution is 2.35. The molecule has 0 bridgehead atoms. The summed E-state index contributed by atoms with van der Waals surface area (Å²) in [6.07, 6.45) is -3.82. The summed E-state index contributed by atoms with van der Waals surface area (Å²) in [4.78, 5) is 10.9. The van der Waals surface area contributed by atoms with Crippen LogP contribution in [0.2, 0.25) is 0 Å². The molecule has 1 aromatic rings. The van der Waals surface area contributed by atoms with Crippen molar-refractivity contribution in [3.63, 3.8) is 0 Å². The first-order valence-electron chi connectivity index (χ1n) is 6.11. The second-order valence-corrected chi connectivity index (χ2v) is 4.15. The fourth-order valence-electron chi connectivity index (χ4n) is 1.54. The van der Waals surface area contributed by atoms with E-state index in [0.29, 0.717) is 13.0 Å². The Labute approximate surface area is 114 Å². The number of hydrogen-bond donors (Lipinski definition) is 2. The van der Waals surface area contributed by atoms with Crippen molar-refractivity contribution in [1.29, 1.82) is 0 Å². The first-order valence-corrected chi connectivity index (χ1v) is 6.11. The Kier molecular flexibility index (Phi) is 5.82. The van der Waals surface area contributed by atoms with Gasteiger partial charge in [0.25, 0.3) is 0 Å². The van der Waals surface area contributed by atoms with E-state index in [1.807, 2.05) is 6.92 Å². The predicted molar refractivity (Wildman–Crippen MR) is 66.7 cm³/mol. The number of carboxylic acids is 1. The molecule has 20 heavy (non-hydrogen) atoms. The van der Waals surface area contributed by atoms with Crippen molar-refractivity contribution in [2.75, 3.05) is 13.2 Å². The minimum Gasteiger partial charge on any atom is -0.491 e. The van der Waals surface area contributed by atoms with Crippen molar-refractivity contribution >= 4 is 5.97 Å². The first kappa shape index (κ1) is 16.3. The van der Waals surface area contributed by atoms with E-state index in [1.54, 1.807) is 0 Å². The van der Waals surface area contributed by atoms with Gasteiger partial charge in [-0.25, -0.2) is 0 Å². The molecular weight excluding hydrogens is 275 g/mol. The SMILES string of the molecule is CCCNC(COc1ccccc1C(F)(F)F)C(=O)O. The fourth-order valence-corrected chi connectivity index (χ4v) is 1.54. The molecule has 2 N–H and O–H groups in total. The maximum Gasteiger partial charge on any atom is 0.419 e. The summed E-state index contributed by atoms with van der Waals surface area (Å²) in [6.45, 7) is 1.93. The van der Waals surface area contributed by atoms with Gasteiger partial charge >= 0.3 is 12.1 Å². The van der Waals surface area contributed by atoms with E-state index in [-0.39, 0.29) is 12.4 Å². The lowest BCUT2D eigenvalue weighted by Gasteiger charge is -2.17. The van der Waals surface area contributed by atoms with E-state index in [9.17, 15) is 18.0 Å². The van der Waals surface area contributed by atoms with Crippen molar-refractivity contribution in [2.24, 2.45) is 0 Å². The number of carboxylic acid groups (broad SMARTS) is 1. The average molecular weight is 291 g/mol. The largest absolute Gasteiger partial charge is 0.491 e. The van der Waals surface area contributed by atoms with E-state index in [2.05, 4.69) is 5.32 Å². The minimum absolute atomic E-state index is 0.371. The number of nitrogens with one attached hydrogen (secondary N) is 1. The van der Waals surface area contributed by atoms with Gasteiger partial charge in [-0.15, -0.1) is 0 Å². The van der Waals surface area contributed by atoms with Gasteiger partial charge in [0.1, 0.15) is 18.4 Å². The summed E-state index contributed by atoms with van der Waals surface area (Å²) in [5.41, 5.74) is -0.917. The van der Waals surface area contributed by atoms with Crippen molar-refractivity contribution in [3.8, 4) is 5.75 Å². The molecule has 0 aromatic heterocycles. The maximum absolute atomic E-state index is 12.7. The Morgan fingerprint density at radius 3 is 2.60 bits per heavy atom. The monoisotopic (exact) mass is 291 g/mol. The van der Waals surface area contributed by atoms with Crippen LogP contribution < -0.4 is 10.1 Å². The van der Waals surface area contributed by atoms with Crippen LogP contribution in [-0.2, 0) is 11.0 Å². The third-order valence-corrected chi connectivity index (χ3v) is 2.54. The molecule has 0 radical (unpaired) electrons. The summed E-state index contributed by atoms with van der Waals surface area (Å²) >= 11 is 0. The van der Waals surface area contributed by atoms with Gasteiger partial charge in [0, 0.05) is 0 Å². The molecule has 4 nitrogen and oxygen atoms in total. The predicted octanol–water partition coefficient (Wildman–Crippen LogP) is 2.54. The summed E-state index contributed by atoms with van der Waals surface area (Å²) in [5.74, 6) is -1.53. The Hall–Kier alpha value is -1.76. The summed E-state index contributed by atoms with van der Waals surface area (Å²) < 4.78 is 43.2. The van der Waals surface area contributed by atoms with Gasteiger partial charge in [0.2, 0.25) is 0 Å². The second-order valence-electron chi connectivity index (χ2n) is 4.15. The lowest BCUT2D eigenvalue weighted by molar-refractivity contribution is -0.140. The Morgan fingerprint density at radius 1 is 1.40 bits per heavy atom. The molecular formula is C13H16F3NO3. The molecule has 0 amide bonds. The van der Waals surface area contributed by atoms with Gasteiger partial charge in [0.15, 0.2) is 0 Å². The Morgan fingerprint density at radius 2 is 2.05 bits per heavy atom. The van der Waals surface area contributed by atoms with Gasteiger partial charge in [-0.1, -0.05) is 19.1 Å². The average Bonchev–Trinajstić information content (AvgIpc) is 2.37. The summed E-state index contributed by atoms with van der Waals surface area (Å²) in [6, 6.07) is 3.67. The maximum atomic E-state index is 12.7. The lowest BCUT2D eigenvalue weighted by atomic mass is 10.2. The van der Waals surface area contributed by atoms with Crippen LogP contribution in [0.4, 0.5) is 13.2 Å². The lowest BCUT2D eigenvalue weighted by Crippen LogP contribution is -2.42. The number of alkyl halides is 3. The zero-order valence-corrected chi connectivity index (χ0v) is 10.9. The van der Waals surface area contributed by atoms with Gasteiger partial charge in [-0.2, -0.15) is 13.2 Å². The van der Waals surface area contributed by atoms with Crippen LogP contribution >= 0.6 is 0 Å². The topological polar surface area (TPSA) is 58.6 Å². The van der Waals surface area contributed by atoms with E-state index in [1.165, 1.54) is 18.2 Å². The van der Waals surface area contributed by atoms with Gasteiger partial charge in [-0.3, -0.25) is 4.79 Å². The molecule has 0 saturated heterocycles. The zero-order valence-electron chi connectivity index (χ0n) is 10.9. The number of aliphatic carboxylic acids is 1. The van der Waals surface area contributed by atoms with E-state index in [4.69, 9.17) is 9.84 Å². The van der Waals surface area contributed by atoms with Crippen LogP contribution in [0.3, 0.4) is 0 Å². The quantitative estimate of drug-likeness (QED) is 0.810. The van der Waals surface area contributed by atoms with Crippen LogP contribution in [0, 0.1) is 0 Å². The number of para-hydroxylation sites is 1. The molecule has 0 aliphatic carbocycles. The molecule has 7 heteroatoms. The van der Waals surface area contributed by atoms with Gasteiger partial charge in [0.05, 0.1) is 5.56 Å². The Balaban J connectivity index is 2.75. The van der Waals surface area contributed by atoms with Crippen molar-refractivity contribution < 1.29 is 27.8 Å². The molecule has 0 aliphatic heterocycles. The van der Waals surface area contributed by atoms with E-state index < -0.39 is 23.8 Å². The molecule has 1 atom stereocenters. The highest BCUT2D eigenvalue weighted by atomic mass is 19.4. The Bertz CT molecular complexity index is 449. The molecule has 0 fully saturated rings. The number of benzene rings is 1. The molecule has 0 saturated carbocycles. The molecule has 0 spiro atoms. The summed E-state index contributed by atoms with van der Waals surface area (Å²) in [5, 5.41) is 11.6. The van der Waals surface area contributed by atoms with Crippen LogP contribution in [0.1, 0.15) is 18.9 Å². The number of hydrogen-bond acceptors (Lipinski definition) is 3. The van der Waals surface area contributed by atoms with Gasteiger partial charge < -0.3 is 15.2 Å². The molecule has 0 aliphatic rings. The minimum atomic E-state index is -4.54. The highest BCUT2D eigenvalue weighted by Gasteiger charge is 2.34. The van der Waals surface area contributed by atoms with Crippen molar-refractivity contribution in [1.82, 2.24) is 5.32 Å². The standard InChI is InChI=1S/C13H16F3NO3/c1-2-7-17-10(12(18)19)8-20-11-6-4-3-5-9(11)13(14,15)16/h3-6,10,17H,2,7-8H2,1H3,(H,18,19). The van der Waals surface area contributed by atoms with Crippen LogP contribution in [0.25, 0.3) is 0 Å². The molecule has 1 unspecified atom stereocenters. The number of halogens is 3. The van der Waals surface area contributed by atoms with Crippen molar-refractivity contribution in [2.45, 2.75) is 25.6 Å². The number of carbonyl (C=O) groups is 1. The first-order chi connectivity index (χ1) is 9.36. The zero-order chi connectivity index (χ0) is 15.2.